The zero-order chi connectivity index (χ0) is 19.1. The average Bonchev–Trinajstić information content (AvgIpc) is 2.68. The topological polar surface area (TPSA) is 47.0 Å². The van der Waals surface area contributed by atoms with Crippen molar-refractivity contribution in [2.45, 2.75) is 25.3 Å². The molecule has 2 atom stereocenters. The van der Waals surface area contributed by atoms with Crippen LogP contribution in [0.5, 0.6) is 0 Å². The SMILES string of the molecule is CN1CCN([C@@H]2CCN(C/C=C/c3ccccc3)C[C@@H]2CCC(=O)O)CC1. The van der Waals surface area contributed by atoms with E-state index in [2.05, 4.69) is 58.2 Å². The van der Waals surface area contributed by atoms with E-state index in [9.17, 15) is 4.79 Å². The fraction of sp³-hybridized carbons (Fsp3) is 0.591. The van der Waals surface area contributed by atoms with Crippen molar-refractivity contribution in [3.63, 3.8) is 0 Å². The van der Waals surface area contributed by atoms with Crippen LogP contribution < -0.4 is 0 Å². The number of rotatable bonds is 7. The van der Waals surface area contributed by atoms with Gasteiger partial charge in [-0.3, -0.25) is 14.6 Å². The van der Waals surface area contributed by atoms with Crippen LogP contribution in [0.4, 0.5) is 0 Å². The number of hydrogen-bond acceptors (Lipinski definition) is 4. The summed E-state index contributed by atoms with van der Waals surface area (Å²) in [4.78, 5) is 18.6. The molecule has 1 aromatic rings. The van der Waals surface area contributed by atoms with E-state index < -0.39 is 5.97 Å². The first kappa shape index (κ1) is 20.1. The summed E-state index contributed by atoms with van der Waals surface area (Å²) >= 11 is 0. The highest BCUT2D eigenvalue weighted by Crippen LogP contribution is 2.27. The third kappa shape index (κ3) is 6.16. The third-order valence-electron chi connectivity index (χ3n) is 5.99. The molecule has 0 amide bonds. The maximum atomic E-state index is 11.1. The Labute approximate surface area is 163 Å². The molecule has 2 aliphatic rings. The minimum atomic E-state index is -0.673. The smallest absolute Gasteiger partial charge is 0.303 e. The van der Waals surface area contributed by atoms with Gasteiger partial charge in [0.25, 0.3) is 0 Å². The first-order chi connectivity index (χ1) is 13.1. The van der Waals surface area contributed by atoms with Crippen molar-refractivity contribution < 1.29 is 9.90 Å². The Bertz CT molecular complexity index is 611. The van der Waals surface area contributed by atoms with E-state index in [1.54, 1.807) is 0 Å². The van der Waals surface area contributed by atoms with Gasteiger partial charge in [-0.15, -0.1) is 0 Å². The van der Waals surface area contributed by atoms with Crippen molar-refractivity contribution in [1.82, 2.24) is 14.7 Å². The lowest BCUT2D eigenvalue weighted by Gasteiger charge is -2.46. The van der Waals surface area contributed by atoms with E-state index in [1.165, 1.54) is 5.56 Å². The fourth-order valence-electron chi connectivity index (χ4n) is 4.39. The Morgan fingerprint density at radius 1 is 1.15 bits per heavy atom. The lowest BCUT2D eigenvalue weighted by atomic mass is 9.86. The molecular formula is C22H33N3O2. The molecule has 2 saturated heterocycles. The van der Waals surface area contributed by atoms with Crippen LogP contribution in [0.15, 0.2) is 36.4 Å². The van der Waals surface area contributed by atoms with Crippen LogP contribution in [-0.4, -0.2) is 84.7 Å². The molecule has 27 heavy (non-hydrogen) atoms. The molecule has 148 valence electrons. The number of nitrogens with zero attached hydrogens (tertiary/aromatic N) is 3. The van der Waals surface area contributed by atoms with Crippen molar-refractivity contribution in [3.05, 3.63) is 42.0 Å². The Balaban J connectivity index is 1.56. The molecule has 2 fully saturated rings. The Hall–Kier alpha value is -1.69. The number of aliphatic carboxylic acids is 1. The Kier molecular flexibility index (Phi) is 7.44. The second kappa shape index (κ2) is 10.0. The number of carbonyl (C=O) groups is 1. The van der Waals surface area contributed by atoms with Crippen LogP contribution in [0.3, 0.4) is 0 Å². The summed E-state index contributed by atoms with van der Waals surface area (Å²) in [6, 6.07) is 10.9. The normalized spacial score (nSPS) is 25.8. The number of carboxylic acid groups (broad SMARTS) is 1. The summed E-state index contributed by atoms with van der Waals surface area (Å²) in [6.07, 6.45) is 6.62. The zero-order valence-corrected chi connectivity index (χ0v) is 16.5. The maximum absolute atomic E-state index is 11.1. The highest BCUT2D eigenvalue weighted by atomic mass is 16.4. The van der Waals surface area contributed by atoms with E-state index in [1.807, 2.05) is 6.07 Å². The van der Waals surface area contributed by atoms with E-state index in [0.717, 1.165) is 58.7 Å². The first-order valence-corrected chi connectivity index (χ1v) is 10.2. The highest BCUT2D eigenvalue weighted by Gasteiger charge is 2.34. The van der Waals surface area contributed by atoms with Crippen LogP contribution in [0.1, 0.15) is 24.8 Å². The van der Waals surface area contributed by atoms with Gasteiger partial charge in [-0.2, -0.15) is 0 Å². The second-order valence-corrected chi connectivity index (χ2v) is 7.96. The number of likely N-dealkylation sites (tertiary alicyclic amines) is 1. The molecule has 1 N–H and O–H groups in total. The molecular weight excluding hydrogens is 338 g/mol. The predicted molar refractivity (Wildman–Crippen MR) is 110 cm³/mol. The number of likely N-dealkylation sites (N-methyl/N-ethyl adjacent to an activating group) is 1. The molecule has 5 nitrogen and oxygen atoms in total. The van der Waals surface area contributed by atoms with Gasteiger partial charge < -0.3 is 10.0 Å². The van der Waals surface area contributed by atoms with Gasteiger partial charge in [-0.25, -0.2) is 0 Å². The molecule has 1 aromatic carbocycles. The standard InChI is InChI=1S/C22H33N3O2/c1-23-14-16-25(17-15-23)21-11-13-24(18-20(21)9-10-22(26)27)12-5-8-19-6-3-2-4-7-19/h2-8,20-21H,9-18H2,1H3,(H,26,27)/b8-5+/t20-,21+/m0/s1. The van der Waals surface area contributed by atoms with Crippen molar-refractivity contribution in [1.29, 1.82) is 0 Å². The lowest BCUT2D eigenvalue weighted by molar-refractivity contribution is -0.137. The molecule has 0 spiro atoms. The summed E-state index contributed by atoms with van der Waals surface area (Å²) in [6.45, 7) is 7.49. The number of piperazine rings is 1. The molecule has 0 saturated carbocycles. The fourth-order valence-corrected chi connectivity index (χ4v) is 4.39. The molecule has 5 heteroatoms. The average molecular weight is 372 g/mol. The van der Waals surface area contributed by atoms with Crippen molar-refractivity contribution >= 4 is 12.0 Å². The monoisotopic (exact) mass is 371 g/mol. The summed E-state index contributed by atoms with van der Waals surface area (Å²) in [7, 11) is 2.18. The largest absolute Gasteiger partial charge is 0.481 e. The van der Waals surface area contributed by atoms with Crippen LogP contribution in [0.25, 0.3) is 6.08 Å². The molecule has 0 aliphatic carbocycles. The number of benzene rings is 1. The molecule has 2 aliphatic heterocycles. The van der Waals surface area contributed by atoms with E-state index in [0.29, 0.717) is 12.0 Å². The molecule has 0 unspecified atom stereocenters. The van der Waals surface area contributed by atoms with Gasteiger partial charge in [-0.05, 0) is 37.9 Å². The number of piperidine rings is 1. The molecule has 0 aromatic heterocycles. The summed E-state index contributed by atoms with van der Waals surface area (Å²) in [5, 5.41) is 9.16. The van der Waals surface area contributed by atoms with Gasteiger partial charge in [0.05, 0.1) is 0 Å². The highest BCUT2D eigenvalue weighted by molar-refractivity contribution is 5.66. The minimum Gasteiger partial charge on any atom is -0.481 e. The summed E-state index contributed by atoms with van der Waals surface area (Å²) in [5.41, 5.74) is 1.23. The number of hydrogen-bond donors (Lipinski definition) is 1. The van der Waals surface area contributed by atoms with Gasteiger partial charge in [0.15, 0.2) is 0 Å². The van der Waals surface area contributed by atoms with Gasteiger partial charge in [0.1, 0.15) is 0 Å². The number of carboxylic acids is 1. The van der Waals surface area contributed by atoms with E-state index >= 15 is 0 Å². The summed E-state index contributed by atoms with van der Waals surface area (Å²) < 4.78 is 0. The molecule has 0 radical (unpaired) electrons. The zero-order valence-electron chi connectivity index (χ0n) is 16.5. The molecule has 2 heterocycles. The maximum Gasteiger partial charge on any atom is 0.303 e. The Morgan fingerprint density at radius 2 is 1.89 bits per heavy atom. The predicted octanol–water partition coefficient (Wildman–Crippen LogP) is 2.50. The van der Waals surface area contributed by atoms with Crippen LogP contribution >= 0.6 is 0 Å². The minimum absolute atomic E-state index is 0.280. The third-order valence-corrected chi connectivity index (χ3v) is 5.99. The van der Waals surface area contributed by atoms with Crippen molar-refractivity contribution in [2.24, 2.45) is 5.92 Å². The van der Waals surface area contributed by atoms with Gasteiger partial charge in [0.2, 0.25) is 0 Å². The van der Waals surface area contributed by atoms with Gasteiger partial charge >= 0.3 is 5.97 Å². The van der Waals surface area contributed by atoms with E-state index in [-0.39, 0.29) is 6.42 Å². The van der Waals surface area contributed by atoms with E-state index in [4.69, 9.17) is 5.11 Å². The second-order valence-electron chi connectivity index (χ2n) is 7.96. The van der Waals surface area contributed by atoms with Crippen molar-refractivity contribution in [2.75, 3.05) is 52.9 Å². The van der Waals surface area contributed by atoms with Crippen LogP contribution in [0.2, 0.25) is 0 Å². The Morgan fingerprint density at radius 3 is 2.59 bits per heavy atom. The van der Waals surface area contributed by atoms with Crippen molar-refractivity contribution in [3.8, 4) is 0 Å². The summed E-state index contributed by atoms with van der Waals surface area (Å²) in [5.74, 6) is -0.225. The van der Waals surface area contributed by atoms with Crippen LogP contribution in [-0.2, 0) is 4.79 Å². The first-order valence-electron chi connectivity index (χ1n) is 10.2. The lowest BCUT2D eigenvalue weighted by Crippen LogP contribution is -2.56. The van der Waals surface area contributed by atoms with Gasteiger partial charge in [-0.1, -0.05) is 42.5 Å². The quantitative estimate of drug-likeness (QED) is 0.798. The van der Waals surface area contributed by atoms with Gasteiger partial charge in [0, 0.05) is 51.7 Å². The van der Waals surface area contributed by atoms with Crippen LogP contribution in [0, 0.1) is 5.92 Å². The molecule has 0 bridgehead atoms. The molecule has 3 rings (SSSR count).